The molecule has 88 valence electrons. The van der Waals surface area contributed by atoms with Crippen molar-refractivity contribution in [1.29, 1.82) is 0 Å². The molecule has 5 heteroatoms. The molecule has 1 heterocycles. The van der Waals surface area contributed by atoms with Crippen LogP contribution in [-0.2, 0) is 4.74 Å². The predicted molar refractivity (Wildman–Crippen MR) is 63.0 cm³/mol. The van der Waals surface area contributed by atoms with Crippen LogP contribution in [0.1, 0.15) is 24.3 Å². The van der Waals surface area contributed by atoms with E-state index in [0.29, 0.717) is 6.61 Å². The van der Waals surface area contributed by atoms with Crippen LogP contribution >= 0.6 is 11.8 Å². The molecule has 0 radical (unpaired) electrons. The number of thioether (sulfide) groups is 1. The number of ether oxygens (including phenoxy) is 1. The van der Waals surface area contributed by atoms with Crippen molar-refractivity contribution in [2.24, 2.45) is 0 Å². The standard InChI is InChI=1S/C11H15NO3S/c1-8(2)15-5-6-16-9-3-4-12-10(7-9)11(13)14/h3-4,7-8H,5-6H2,1-2H3,(H,13,14). The highest BCUT2D eigenvalue weighted by Crippen LogP contribution is 2.17. The molecule has 0 bridgehead atoms. The van der Waals surface area contributed by atoms with Crippen molar-refractivity contribution < 1.29 is 14.6 Å². The van der Waals surface area contributed by atoms with E-state index in [2.05, 4.69) is 4.98 Å². The third-order valence-electron chi connectivity index (χ3n) is 1.75. The summed E-state index contributed by atoms with van der Waals surface area (Å²) in [5.74, 6) is -0.192. The lowest BCUT2D eigenvalue weighted by atomic mass is 10.3. The van der Waals surface area contributed by atoms with Crippen molar-refractivity contribution in [2.75, 3.05) is 12.4 Å². The maximum atomic E-state index is 10.7. The highest BCUT2D eigenvalue weighted by Gasteiger charge is 2.05. The molecule has 1 N–H and O–H groups in total. The van der Waals surface area contributed by atoms with Gasteiger partial charge >= 0.3 is 5.97 Å². The van der Waals surface area contributed by atoms with Gasteiger partial charge in [-0.05, 0) is 26.0 Å². The van der Waals surface area contributed by atoms with Crippen molar-refractivity contribution in [3.63, 3.8) is 0 Å². The van der Waals surface area contributed by atoms with Gasteiger partial charge in [-0.3, -0.25) is 0 Å². The van der Waals surface area contributed by atoms with Crippen LogP contribution in [0.3, 0.4) is 0 Å². The molecule has 0 saturated carbocycles. The molecular formula is C11H15NO3S. The van der Waals surface area contributed by atoms with Crippen LogP contribution in [0.5, 0.6) is 0 Å². The number of carbonyl (C=O) groups is 1. The Morgan fingerprint density at radius 1 is 1.62 bits per heavy atom. The molecule has 1 aromatic heterocycles. The Kier molecular flexibility index (Phi) is 5.28. The van der Waals surface area contributed by atoms with Gasteiger partial charge < -0.3 is 9.84 Å². The second-order valence-corrected chi connectivity index (χ2v) is 4.62. The van der Waals surface area contributed by atoms with Crippen molar-refractivity contribution >= 4 is 17.7 Å². The van der Waals surface area contributed by atoms with E-state index in [1.165, 1.54) is 6.20 Å². The summed E-state index contributed by atoms with van der Waals surface area (Å²) in [6.45, 7) is 4.63. The average molecular weight is 241 g/mol. The topological polar surface area (TPSA) is 59.4 Å². The molecule has 0 unspecified atom stereocenters. The molecular weight excluding hydrogens is 226 g/mol. The summed E-state index contributed by atoms with van der Waals surface area (Å²) in [6, 6.07) is 3.37. The van der Waals surface area contributed by atoms with E-state index in [1.807, 2.05) is 13.8 Å². The predicted octanol–water partition coefficient (Wildman–Crippen LogP) is 2.30. The lowest BCUT2D eigenvalue weighted by Gasteiger charge is -2.06. The molecule has 0 amide bonds. The first-order chi connectivity index (χ1) is 7.59. The summed E-state index contributed by atoms with van der Waals surface area (Å²) in [7, 11) is 0. The molecule has 0 spiro atoms. The van der Waals surface area contributed by atoms with Crippen molar-refractivity contribution in [2.45, 2.75) is 24.8 Å². The molecule has 0 aromatic carbocycles. The smallest absolute Gasteiger partial charge is 0.354 e. The second kappa shape index (κ2) is 6.50. The van der Waals surface area contributed by atoms with E-state index in [0.717, 1.165) is 10.6 Å². The molecule has 0 fully saturated rings. The lowest BCUT2D eigenvalue weighted by molar-refractivity contribution is 0.0690. The summed E-state index contributed by atoms with van der Waals surface area (Å²) in [4.78, 5) is 15.3. The third kappa shape index (κ3) is 4.63. The van der Waals surface area contributed by atoms with Gasteiger partial charge in [0, 0.05) is 16.8 Å². The number of aromatic carboxylic acids is 1. The Hall–Kier alpha value is -1.07. The fraction of sp³-hybridized carbons (Fsp3) is 0.455. The molecule has 1 aromatic rings. The number of carboxylic acids is 1. The largest absolute Gasteiger partial charge is 0.477 e. The number of aromatic nitrogens is 1. The van der Waals surface area contributed by atoms with Crippen LogP contribution < -0.4 is 0 Å². The van der Waals surface area contributed by atoms with Gasteiger partial charge in [-0.25, -0.2) is 9.78 Å². The molecule has 4 nitrogen and oxygen atoms in total. The van der Waals surface area contributed by atoms with Crippen LogP contribution in [0.4, 0.5) is 0 Å². The maximum absolute atomic E-state index is 10.7. The zero-order valence-electron chi connectivity index (χ0n) is 9.34. The van der Waals surface area contributed by atoms with Gasteiger partial charge in [0.05, 0.1) is 12.7 Å². The summed E-state index contributed by atoms with van der Waals surface area (Å²) in [6.07, 6.45) is 1.74. The van der Waals surface area contributed by atoms with E-state index in [-0.39, 0.29) is 11.8 Å². The van der Waals surface area contributed by atoms with Gasteiger partial charge in [-0.15, -0.1) is 11.8 Å². The second-order valence-electron chi connectivity index (χ2n) is 3.45. The van der Waals surface area contributed by atoms with E-state index < -0.39 is 5.97 Å². The fourth-order valence-corrected chi connectivity index (χ4v) is 1.83. The molecule has 0 aliphatic carbocycles. The number of nitrogens with zero attached hydrogens (tertiary/aromatic N) is 1. The first-order valence-electron chi connectivity index (χ1n) is 5.03. The summed E-state index contributed by atoms with van der Waals surface area (Å²) in [5.41, 5.74) is 0.0785. The Morgan fingerprint density at radius 2 is 2.38 bits per heavy atom. The molecule has 1 rings (SSSR count). The van der Waals surface area contributed by atoms with Gasteiger partial charge in [0.2, 0.25) is 0 Å². The summed E-state index contributed by atoms with van der Waals surface area (Å²) in [5, 5.41) is 8.76. The van der Waals surface area contributed by atoms with Crippen LogP contribution in [0.2, 0.25) is 0 Å². The minimum atomic E-state index is -0.999. The molecule has 16 heavy (non-hydrogen) atoms. The Morgan fingerprint density at radius 3 is 3.00 bits per heavy atom. The van der Waals surface area contributed by atoms with Crippen LogP contribution in [0.25, 0.3) is 0 Å². The van der Waals surface area contributed by atoms with Crippen molar-refractivity contribution in [3.05, 3.63) is 24.0 Å². The Balaban J connectivity index is 2.42. The minimum Gasteiger partial charge on any atom is -0.477 e. The van der Waals surface area contributed by atoms with E-state index in [4.69, 9.17) is 9.84 Å². The minimum absolute atomic E-state index is 0.0785. The quantitative estimate of drug-likeness (QED) is 0.611. The zero-order valence-corrected chi connectivity index (χ0v) is 10.2. The van der Waals surface area contributed by atoms with E-state index in [1.54, 1.807) is 23.9 Å². The highest BCUT2D eigenvalue weighted by atomic mass is 32.2. The van der Waals surface area contributed by atoms with E-state index >= 15 is 0 Å². The van der Waals surface area contributed by atoms with Gasteiger partial charge in [0.25, 0.3) is 0 Å². The molecule has 0 atom stereocenters. The van der Waals surface area contributed by atoms with Gasteiger partial charge in [-0.2, -0.15) is 0 Å². The van der Waals surface area contributed by atoms with Crippen LogP contribution in [0, 0.1) is 0 Å². The van der Waals surface area contributed by atoms with Crippen molar-refractivity contribution in [3.8, 4) is 0 Å². The number of hydrogen-bond acceptors (Lipinski definition) is 4. The fourth-order valence-electron chi connectivity index (χ4n) is 1.06. The summed E-state index contributed by atoms with van der Waals surface area (Å²) >= 11 is 1.57. The molecule has 0 saturated heterocycles. The Labute approximate surface area is 99.0 Å². The number of carboxylic acid groups (broad SMARTS) is 1. The number of rotatable bonds is 6. The van der Waals surface area contributed by atoms with Gasteiger partial charge in [0.1, 0.15) is 5.69 Å². The number of pyridine rings is 1. The average Bonchev–Trinajstić information content (AvgIpc) is 2.24. The maximum Gasteiger partial charge on any atom is 0.354 e. The first-order valence-corrected chi connectivity index (χ1v) is 6.02. The summed E-state index contributed by atoms with van der Waals surface area (Å²) < 4.78 is 5.39. The normalized spacial score (nSPS) is 10.7. The number of hydrogen-bond donors (Lipinski definition) is 1. The van der Waals surface area contributed by atoms with Gasteiger partial charge in [0.15, 0.2) is 0 Å². The van der Waals surface area contributed by atoms with E-state index in [9.17, 15) is 4.79 Å². The van der Waals surface area contributed by atoms with Crippen molar-refractivity contribution in [1.82, 2.24) is 4.98 Å². The SMILES string of the molecule is CC(C)OCCSc1ccnc(C(=O)O)c1. The van der Waals surface area contributed by atoms with Crippen LogP contribution in [0.15, 0.2) is 23.2 Å². The molecule has 0 aliphatic rings. The third-order valence-corrected chi connectivity index (χ3v) is 2.71. The van der Waals surface area contributed by atoms with Crippen LogP contribution in [-0.4, -0.2) is 34.5 Å². The monoisotopic (exact) mass is 241 g/mol. The Bertz CT molecular complexity index is 355. The zero-order chi connectivity index (χ0) is 12.0. The molecule has 0 aliphatic heterocycles. The van der Waals surface area contributed by atoms with Gasteiger partial charge in [-0.1, -0.05) is 0 Å². The highest BCUT2D eigenvalue weighted by molar-refractivity contribution is 7.99. The first kappa shape index (κ1) is 13.0. The lowest BCUT2D eigenvalue weighted by Crippen LogP contribution is -2.05.